The number of anilines is 1. The third kappa shape index (κ3) is 2.77. The molecule has 5 nitrogen and oxygen atoms in total. The molecule has 1 heterocycles. The van der Waals surface area contributed by atoms with Crippen molar-refractivity contribution in [1.82, 2.24) is 4.98 Å². The lowest BCUT2D eigenvalue weighted by Crippen LogP contribution is -2.16. The Morgan fingerprint density at radius 1 is 1.11 bits per heavy atom. The molecule has 0 aliphatic carbocycles. The molecule has 0 saturated heterocycles. The van der Waals surface area contributed by atoms with Gasteiger partial charge in [0.15, 0.2) is 0 Å². The molecule has 2 rings (SSSR count). The van der Waals surface area contributed by atoms with E-state index in [0.29, 0.717) is 5.56 Å². The SMILES string of the molecule is Cc1ccccc1C(=O)Nc1ncccc1C(=O)O. The lowest BCUT2D eigenvalue weighted by molar-refractivity contribution is 0.0697. The summed E-state index contributed by atoms with van der Waals surface area (Å²) in [6.07, 6.45) is 1.43. The van der Waals surface area contributed by atoms with Gasteiger partial charge in [0, 0.05) is 11.8 Å². The summed E-state index contributed by atoms with van der Waals surface area (Å²) < 4.78 is 0. The number of carbonyl (C=O) groups is 2. The monoisotopic (exact) mass is 256 g/mol. The first kappa shape index (κ1) is 12.8. The molecule has 19 heavy (non-hydrogen) atoms. The summed E-state index contributed by atoms with van der Waals surface area (Å²) >= 11 is 0. The fourth-order valence-corrected chi connectivity index (χ4v) is 1.68. The summed E-state index contributed by atoms with van der Waals surface area (Å²) in [6.45, 7) is 1.81. The molecule has 0 fully saturated rings. The maximum atomic E-state index is 12.1. The third-order valence-corrected chi connectivity index (χ3v) is 2.66. The lowest BCUT2D eigenvalue weighted by atomic mass is 10.1. The summed E-state index contributed by atoms with van der Waals surface area (Å²) in [5.41, 5.74) is 1.27. The van der Waals surface area contributed by atoms with Crippen LogP contribution < -0.4 is 5.32 Å². The number of amides is 1. The Bertz CT molecular complexity index is 638. The van der Waals surface area contributed by atoms with Crippen molar-refractivity contribution in [3.63, 3.8) is 0 Å². The number of aromatic carboxylic acids is 1. The van der Waals surface area contributed by atoms with Crippen molar-refractivity contribution >= 4 is 17.7 Å². The minimum absolute atomic E-state index is 0.0376. The highest BCUT2D eigenvalue weighted by Crippen LogP contribution is 2.14. The number of pyridine rings is 1. The normalized spacial score (nSPS) is 9.95. The van der Waals surface area contributed by atoms with Gasteiger partial charge < -0.3 is 10.4 Å². The van der Waals surface area contributed by atoms with Crippen molar-refractivity contribution in [3.05, 3.63) is 59.3 Å². The molecule has 1 amide bonds. The Labute approximate surface area is 109 Å². The van der Waals surface area contributed by atoms with E-state index in [4.69, 9.17) is 5.11 Å². The van der Waals surface area contributed by atoms with Crippen molar-refractivity contribution in [2.75, 3.05) is 5.32 Å². The summed E-state index contributed by atoms with van der Waals surface area (Å²) in [6, 6.07) is 9.96. The van der Waals surface area contributed by atoms with Gasteiger partial charge in [0.25, 0.3) is 5.91 Å². The number of aromatic nitrogens is 1. The number of aryl methyl sites for hydroxylation is 1. The van der Waals surface area contributed by atoms with Crippen molar-refractivity contribution in [2.45, 2.75) is 6.92 Å². The van der Waals surface area contributed by atoms with Gasteiger partial charge in [-0.05, 0) is 30.7 Å². The van der Waals surface area contributed by atoms with Crippen molar-refractivity contribution in [3.8, 4) is 0 Å². The van der Waals surface area contributed by atoms with E-state index in [1.54, 1.807) is 12.1 Å². The van der Waals surface area contributed by atoms with Crippen LogP contribution in [0.25, 0.3) is 0 Å². The Kier molecular flexibility index (Phi) is 3.56. The van der Waals surface area contributed by atoms with Gasteiger partial charge in [-0.25, -0.2) is 9.78 Å². The van der Waals surface area contributed by atoms with Crippen LogP contribution in [0.2, 0.25) is 0 Å². The molecule has 0 saturated carbocycles. The van der Waals surface area contributed by atoms with Crippen LogP contribution in [0, 0.1) is 6.92 Å². The van der Waals surface area contributed by atoms with Crippen molar-refractivity contribution in [1.29, 1.82) is 0 Å². The molecule has 0 radical (unpaired) electrons. The first-order valence-electron chi connectivity index (χ1n) is 5.65. The van der Waals surface area contributed by atoms with E-state index in [1.807, 2.05) is 19.1 Å². The fraction of sp³-hybridized carbons (Fsp3) is 0.0714. The number of rotatable bonds is 3. The summed E-state index contributed by atoms with van der Waals surface area (Å²) in [5.74, 6) is -1.46. The van der Waals surface area contributed by atoms with Crippen molar-refractivity contribution < 1.29 is 14.7 Å². The van der Waals surface area contributed by atoms with Crippen LogP contribution in [0.4, 0.5) is 5.82 Å². The van der Waals surface area contributed by atoms with Gasteiger partial charge in [0.1, 0.15) is 11.4 Å². The molecule has 0 atom stereocenters. The van der Waals surface area contributed by atoms with Crippen LogP contribution in [0.15, 0.2) is 42.6 Å². The molecular formula is C14H12N2O3. The van der Waals surface area contributed by atoms with E-state index < -0.39 is 5.97 Å². The minimum Gasteiger partial charge on any atom is -0.478 e. The zero-order valence-electron chi connectivity index (χ0n) is 10.3. The molecule has 0 bridgehead atoms. The Hall–Kier alpha value is -2.69. The van der Waals surface area contributed by atoms with Crippen LogP contribution in [-0.4, -0.2) is 22.0 Å². The van der Waals surface area contributed by atoms with Gasteiger partial charge in [-0.1, -0.05) is 18.2 Å². The van der Waals surface area contributed by atoms with Crippen molar-refractivity contribution in [2.24, 2.45) is 0 Å². The fourth-order valence-electron chi connectivity index (χ4n) is 1.68. The summed E-state index contributed by atoms with van der Waals surface area (Å²) in [4.78, 5) is 27.0. The summed E-state index contributed by atoms with van der Waals surface area (Å²) in [5, 5.41) is 11.5. The molecule has 0 unspecified atom stereocenters. The standard InChI is InChI=1S/C14H12N2O3/c1-9-5-2-3-6-10(9)13(17)16-12-11(14(18)19)7-4-8-15-12/h2-8H,1H3,(H,18,19)(H,15,16,17). The first-order chi connectivity index (χ1) is 9.09. The van der Waals surface area contributed by atoms with Gasteiger partial charge in [0.05, 0.1) is 0 Å². The lowest BCUT2D eigenvalue weighted by Gasteiger charge is -2.08. The Morgan fingerprint density at radius 2 is 1.79 bits per heavy atom. The zero-order chi connectivity index (χ0) is 13.8. The van der Waals surface area contributed by atoms with E-state index in [2.05, 4.69) is 10.3 Å². The van der Waals surface area contributed by atoms with E-state index in [0.717, 1.165) is 5.56 Å². The topological polar surface area (TPSA) is 79.3 Å². The van der Waals surface area contributed by atoms with Crippen LogP contribution in [-0.2, 0) is 0 Å². The molecule has 1 aromatic carbocycles. The second kappa shape index (κ2) is 5.30. The maximum Gasteiger partial charge on any atom is 0.339 e. The average Bonchev–Trinajstić information content (AvgIpc) is 2.39. The van der Waals surface area contributed by atoms with Gasteiger partial charge in [0.2, 0.25) is 0 Å². The van der Waals surface area contributed by atoms with Crippen LogP contribution in [0.5, 0.6) is 0 Å². The van der Waals surface area contributed by atoms with Gasteiger partial charge in [-0.3, -0.25) is 4.79 Å². The smallest absolute Gasteiger partial charge is 0.339 e. The largest absolute Gasteiger partial charge is 0.478 e. The molecule has 0 aliphatic rings. The quantitative estimate of drug-likeness (QED) is 0.883. The van der Waals surface area contributed by atoms with E-state index in [-0.39, 0.29) is 17.3 Å². The van der Waals surface area contributed by atoms with Gasteiger partial charge in [-0.15, -0.1) is 0 Å². The zero-order valence-corrected chi connectivity index (χ0v) is 10.3. The number of hydrogen-bond donors (Lipinski definition) is 2. The summed E-state index contributed by atoms with van der Waals surface area (Å²) in [7, 11) is 0. The predicted molar refractivity (Wildman–Crippen MR) is 70.3 cm³/mol. The van der Waals surface area contributed by atoms with Gasteiger partial charge >= 0.3 is 5.97 Å². The van der Waals surface area contributed by atoms with Gasteiger partial charge in [-0.2, -0.15) is 0 Å². The molecule has 5 heteroatoms. The number of carbonyl (C=O) groups excluding carboxylic acids is 1. The number of hydrogen-bond acceptors (Lipinski definition) is 3. The highest BCUT2D eigenvalue weighted by molar-refractivity contribution is 6.07. The number of benzene rings is 1. The predicted octanol–water partition coefficient (Wildman–Crippen LogP) is 2.34. The highest BCUT2D eigenvalue weighted by Gasteiger charge is 2.15. The average molecular weight is 256 g/mol. The number of nitrogens with zero attached hydrogens (tertiary/aromatic N) is 1. The Balaban J connectivity index is 2.30. The number of carboxylic acid groups (broad SMARTS) is 1. The molecule has 0 spiro atoms. The molecule has 0 aliphatic heterocycles. The number of nitrogens with one attached hydrogen (secondary N) is 1. The van der Waals surface area contributed by atoms with Crippen LogP contribution in [0.1, 0.15) is 26.3 Å². The highest BCUT2D eigenvalue weighted by atomic mass is 16.4. The second-order valence-electron chi connectivity index (χ2n) is 3.97. The maximum absolute atomic E-state index is 12.1. The molecule has 1 aromatic heterocycles. The first-order valence-corrected chi connectivity index (χ1v) is 5.65. The van der Waals surface area contributed by atoms with E-state index in [9.17, 15) is 9.59 Å². The van der Waals surface area contributed by atoms with E-state index in [1.165, 1.54) is 18.3 Å². The second-order valence-corrected chi connectivity index (χ2v) is 3.97. The van der Waals surface area contributed by atoms with E-state index >= 15 is 0 Å². The minimum atomic E-state index is -1.13. The number of carboxylic acids is 1. The molecule has 2 aromatic rings. The van der Waals surface area contributed by atoms with Crippen LogP contribution >= 0.6 is 0 Å². The molecular weight excluding hydrogens is 244 g/mol. The molecule has 2 N–H and O–H groups in total. The molecule has 96 valence electrons. The van der Waals surface area contributed by atoms with Crippen LogP contribution in [0.3, 0.4) is 0 Å². The Morgan fingerprint density at radius 3 is 2.47 bits per heavy atom. The third-order valence-electron chi connectivity index (χ3n) is 2.66.